The van der Waals surface area contributed by atoms with Crippen molar-refractivity contribution < 1.29 is 24.3 Å². The molecule has 174 valence electrons. The second-order valence-electron chi connectivity index (χ2n) is 8.86. The van der Waals surface area contributed by atoms with E-state index in [0.717, 1.165) is 6.42 Å². The van der Waals surface area contributed by atoms with Crippen LogP contribution in [0.4, 0.5) is 0 Å². The highest BCUT2D eigenvalue weighted by atomic mass is 16.4. The van der Waals surface area contributed by atoms with Crippen LogP contribution in [0, 0.1) is 17.8 Å². The number of carboxylic acids is 1. The standard InChI is InChI=1S/C21H40N4O5/c1-8-13(6)17(22)20(28)23-14(7)18(26)24-15(9-11(2)3)19(27)25-16(21(29)30)10-12(4)5/h11-17H,8-10,22H2,1-7H3,(H,23,28)(H,24,26)(H,25,27)(H,29,30). The van der Waals surface area contributed by atoms with Crippen molar-refractivity contribution in [2.45, 2.75) is 91.9 Å². The lowest BCUT2D eigenvalue weighted by Gasteiger charge is -2.25. The van der Waals surface area contributed by atoms with Crippen molar-refractivity contribution in [2.75, 3.05) is 0 Å². The third-order valence-corrected chi connectivity index (χ3v) is 4.97. The molecule has 0 radical (unpaired) electrons. The van der Waals surface area contributed by atoms with Gasteiger partial charge < -0.3 is 26.8 Å². The van der Waals surface area contributed by atoms with Gasteiger partial charge in [0.05, 0.1) is 6.04 Å². The number of hydrogen-bond acceptors (Lipinski definition) is 5. The first-order chi connectivity index (χ1) is 13.8. The van der Waals surface area contributed by atoms with Crippen LogP contribution >= 0.6 is 0 Å². The van der Waals surface area contributed by atoms with E-state index in [9.17, 15) is 24.3 Å². The van der Waals surface area contributed by atoms with Gasteiger partial charge in [-0.05, 0) is 37.5 Å². The van der Waals surface area contributed by atoms with Crippen molar-refractivity contribution in [2.24, 2.45) is 23.5 Å². The molecule has 0 rings (SSSR count). The number of carbonyl (C=O) groups excluding carboxylic acids is 3. The number of hydrogen-bond donors (Lipinski definition) is 5. The molecule has 0 aromatic carbocycles. The summed E-state index contributed by atoms with van der Waals surface area (Å²) < 4.78 is 0. The van der Waals surface area contributed by atoms with E-state index in [-0.39, 0.29) is 24.2 Å². The molecular weight excluding hydrogens is 388 g/mol. The zero-order valence-electron chi connectivity index (χ0n) is 19.3. The Hall–Kier alpha value is -2.16. The first-order valence-electron chi connectivity index (χ1n) is 10.7. The largest absolute Gasteiger partial charge is 0.480 e. The zero-order valence-corrected chi connectivity index (χ0v) is 19.3. The second kappa shape index (κ2) is 13.2. The first-order valence-corrected chi connectivity index (χ1v) is 10.7. The minimum absolute atomic E-state index is 0.0337. The van der Waals surface area contributed by atoms with Crippen molar-refractivity contribution >= 4 is 23.7 Å². The van der Waals surface area contributed by atoms with Crippen molar-refractivity contribution in [3.05, 3.63) is 0 Å². The van der Waals surface area contributed by atoms with E-state index >= 15 is 0 Å². The molecule has 9 nitrogen and oxygen atoms in total. The van der Waals surface area contributed by atoms with Crippen LogP contribution in [0.25, 0.3) is 0 Å². The maximum absolute atomic E-state index is 12.7. The molecule has 5 unspecified atom stereocenters. The quantitative estimate of drug-likeness (QED) is 0.295. The Morgan fingerprint density at radius 3 is 1.67 bits per heavy atom. The normalized spacial score (nSPS) is 16.3. The first kappa shape index (κ1) is 27.8. The second-order valence-corrected chi connectivity index (χ2v) is 8.86. The molecular formula is C21H40N4O5. The number of aliphatic carboxylic acids is 1. The average Bonchev–Trinajstić information content (AvgIpc) is 2.64. The summed E-state index contributed by atoms with van der Waals surface area (Å²) in [7, 11) is 0. The van der Waals surface area contributed by atoms with E-state index in [1.165, 1.54) is 6.92 Å². The summed E-state index contributed by atoms with van der Waals surface area (Å²) in [5.74, 6) is -2.51. The average molecular weight is 429 g/mol. The van der Waals surface area contributed by atoms with E-state index < -0.39 is 47.9 Å². The molecule has 0 aromatic heterocycles. The maximum atomic E-state index is 12.7. The lowest BCUT2D eigenvalue weighted by atomic mass is 9.99. The SMILES string of the molecule is CCC(C)C(N)C(=O)NC(C)C(=O)NC(CC(C)C)C(=O)NC(CC(C)C)C(=O)O. The van der Waals surface area contributed by atoms with Gasteiger partial charge in [-0.25, -0.2) is 4.79 Å². The molecule has 5 atom stereocenters. The summed E-state index contributed by atoms with van der Waals surface area (Å²) in [6.45, 7) is 12.8. The Bertz CT molecular complexity index is 594. The molecule has 0 aromatic rings. The molecule has 0 heterocycles. The molecule has 9 heteroatoms. The Morgan fingerprint density at radius 1 is 0.767 bits per heavy atom. The van der Waals surface area contributed by atoms with E-state index in [1.807, 2.05) is 41.5 Å². The summed E-state index contributed by atoms with van der Waals surface area (Å²) in [5, 5.41) is 17.1. The molecule has 0 aliphatic carbocycles. The number of nitrogens with two attached hydrogens (primary N) is 1. The Balaban J connectivity index is 5.14. The van der Waals surface area contributed by atoms with Gasteiger partial charge in [0.2, 0.25) is 17.7 Å². The highest BCUT2D eigenvalue weighted by Crippen LogP contribution is 2.09. The van der Waals surface area contributed by atoms with Gasteiger partial charge in [-0.15, -0.1) is 0 Å². The van der Waals surface area contributed by atoms with Crippen LogP contribution in [0.3, 0.4) is 0 Å². The molecule has 0 bridgehead atoms. The summed E-state index contributed by atoms with van der Waals surface area (Å²) >= 11 is 0. The Labute approximate surface area is 179 Å². The van der Waals surface area contributed by atoms with E-state index in [4.69, 9.17) is 5.73 Å². The van der Waals surface area contributed by atoms with E-state index in [1.54, 1.807) is 0 Å². The predicted octanol–water partition coefficient (Wildman–Crippen LogP) is 1.01. The fraction of sp³-hybridized carbons (Fsp3) is 0.810. The van der Waals surface area contributed by atoms with Gasteiger partial charge in [-0.2, -0.15) is 0 Å². The fourth-order valence-electron chi connectivity index (χ4n) is 2.85. The molecule has 0 aliphatic heterocycles. The van der Waals surface area contributed by atoms with E-state index in [0.29, 0.717) is 6.42 Å². The summed E-state index contributed by atoms with van der Waals surface area (Å²) in [5.41, 5.74) is 5.89. The van der Waals surface area contributed by atoms with Crippen LogP contribution in [-0.2, 0) is 19.2 Å². The monoisotopic (exact) mass is 428 g/mol. The van der Waals surface area contributed by atoms with Gasteiger partial charge in [0, 0.05) is 0 Å². The Kier molecular flexibility index (Phi) is 12.3. The number of carbonyl (C=O) groups is 4. The third-order valence-electron chi connectivity index (χ3n) is 4.97. The van der Waals surface area contributed by atoms with Gasteiger partial charge in [0.25, 0.3) is 0 Å². The summed E-state index contributed by atoms with van der Waals surface area (Å²) in [6, 6.07) is -3.56. The van der Waals surface area contributed by atoms with Crippen molar-refractivity contribution in [3.63, 3.8) is 0 Å². The van der Waals surface area contributed by atoms with Gasteiger partial charge in [-0.1, -0.05) is 48.0 Å². The number of rotatable bonds is 13. The molecule has 0 saturated carbocycles. The van der Waals surface area contributed by atoms with Gasteiger partial charge in [0.15, 0.2) is 0 Å². The highest BCUT2D eigenvalue weighted by molar-refractivity contribution is 5.93. The van der Waals surface area contributed by atoms with Crippen LogP contribution < -0.4 is 21.7 Å². The smallest absolute Gasteiger partial charge is 0.326 e. The van der Waals surface area contributed by atoms with Gasteiger partial charge in [-0.3, -0.25) is 14.4 Å². The highest BCUT2D eigenvalue weighted by Gasteiger charge is 2.30. The molecule has 30 heavy (non-hydrogen) atoms. The molecule has 0 saturated heterocycles. The lowest BCUT2D eigenvalue weighted by Crippen LogP contribution is -2.57. The minimum Gasteiger partial charge on any atom is -0.480 e. The third kappa shape index (κ3) is 10.0. The summed E-state index contributed by atoms with van der Waals surface area (Å²) in [4.78, 5) is 48.9. The van der Waals surface area contributed by atoms with Gasteiger partial charge in [0.1, 0.15) is 18.1 Å². The summed E-state index contributed by atoms with van der Waals surface area (Å²) in [6.07, 6.45) is 1.34. The van der Waals surface area contributed by atoms with Crippen LogP contribution in [0.2, 0.25) is 0 Å². The lowest BCUT2D eigenvalue weighted by molar-refractivity contribution is -0.143. The molecule has 0 fully saturated rings. The van der Waals surface area contributed by atoms with Crippen LogP contribution in [0.15, 0.2) is 0 Å². The van der Waals surface area contributed by atoms with Crippen LogP contribution in [0.1, 0.15) is 67.7 Å². The molecule has 3 amide bonds. The molecule has 0 aliphatic rings. The van der Waals surface area contributed by atoms with Crippen molar-refractivity contribution in [1.29, 1.82) is 0 Å². The number of carboxylic acid groups (broad SMARTS) is 1. The Morgan fingerprint density at radius 2 is 1.23 bits per heavy atom. The van der Waals surface area contributed by atoms with Crippen LogP contribution in [0.5, 0.6) is 0 Å². The number of nitrogens with one attached hydrogen (secondary N) is 3. The minimum atomic E-state index is -1.12. The predicted molar refractivity (Wildman–Crippen MR) is 115 cm³/mol. The maximum Gasteiger partial charge on any atom is 0.326 e. The van der Waals surface area contributed by atoms with Gasteiger partial charge >= 0.3 is 5.97 Å². The van der Waals surface area contributed by atoms with Crippen molar-refractivity contribution in [3.8, 4) is 0 Å². The fourth-order valence-corrected chi connectivity index (χ4v) is 2.85. The molecule has 6 N–H and O–H groups in total. The van der Waals surface area contributed by atoms with Crippen molar-refractivity contribution in [1.82, 2.24) is 16.0 Å². The number of amides is 3. The zero-order chi connectivity index (χ0) is 23.6. The topological polar surface area (TPSA) is 151 Å². The van der Waals surface area contributed by atoms with E-state index in [2.05, 4.69) is 16.0 Å². The molecule has 0 spiro atoms. The van der Waals surface area contributed by atoms with Crippen LogP contribution in [-0.4, -0.2) is 53.0 Å².